The number of benzene rings is 2. The van der Waals surface area contributed by atoms with E-state index in [1.165, 1.54) is 26.4 Å². The summed E-state index contributed by atoms with van der Waals surface area (Å²) >= 11 is 0. The smallest absolute Gasteiger partial charge is 0.320 e. The van der Waals surface area contributed by atoms with Crippen LogP contribution in [0.1, 0.15) is 0 Å². The predicted molar refractivity (Wildman–Crippen MR) is 96.2 cm³/mol. The van der Waals surface area contributed by atoms with Gasteiger partial charge < -0.3 is 24.8 Å². The summed E-state index contributed by atoms with van der Waals surface area (Å²) in [4.78, 5) is 11.9. The number of carbonyl (C=O) groups is 1. The van der Waals surface area contributed by atoms with E-state index in [9.17, 15) is 9.18 Å². The lowest BCUT2D eigenvalue weighted by atomic mass is 10.2. The summed E-state index contributed by atoms with van der Waals surface area (Å²) in [7, 11) is 3.00. The third kappa shape index (κ3) is 5.31. The molecule has 2 amide bonds. The molecule has 2 rings (SSSR count). The third-order valence-electron chi connectivity index (χ3n) is 3.25. The lowest BCUT2D eigenvalue weighted by molar-refractivity contribution is 0.253. The highest BCUT2D eigenvalue weighted by atomic mass is 19.1. The van der Waals surface area contributed by atoms with Gasteiger partial charge in [0.25, 0.3) is 0 Å². The van der Waals surface area contributed by atoms with Gasteiger partial charge >= 0.3 is 6.03 Å². The van der Waals surface area contributed by atoms with Crippen molar-refractivity contribution in [1.29, 1.82) is 0 Å². The van der Waals surface area contributed by atoms with Crippen LogP contribution in [-0.4, -0.2) is 33.4 Å². The third-order valence-corrected chi connectivity index (χ3v) is 3.25. The van der Waals surface area contributed by atoms with Gasteiger partial charge in [-0.3, -0.25) is 0 Å². The Hall–Kier alpha value is -3.40. The Kier molecular flexibility index (Phi) is 7.13. The van der Waals surface area contributed by atoms with Gasteiger partial charge in [0.05, 0.1) is 26.5 Å². The van der Waals surface area contributed by atoms with Crippen molar-refractivity contribution >= 4 is 11.7 Å². The molecular formula is C19H19FN2O4. The van der Waals surface area contributed by atoms with E-state index in [0.717, 1.165) is 0 Å². The lowest BCUT2D eigenvalue weighted by Gasteiger charge is -2.13. The van der Waals surface area contributed by atoms with Gasteiger partial charge in [-0.25, -0.2) is 9.18 Å². The van der Waals surface area contributed by atoms with Crippen LogP contribution in [0.4, 0.5) is 14.9 Å². The van der Waals surface area contributed by atoms with E-state index in [1.54, 1.807) is 30.3 Å². The second-order valence-electron chi connectivity index (χ2n) is 4.92. The summed E-state index contributed by atoms with van der Waals surface area (Å²) in [6.45, 7) is 0.132. The van der Waals surface area contributed by atoms with E-state index in [0.29, 0.717) is 17.2 Å². The first kappa shape index (κ1) is 18.9. The quantitative estimate of drug-likeness (QED) is 0.779. The Balaban J connectivity index is 1.79. The molecule has 2 N–H and O–H groups in total. The molecule has 136 valence electrons. The highest BCUT2D eigenvalue weighted by molar-refractivity contribution is 5.91. The van der Waals surface area contributed by atoms with Gasteiger partial charge in [-0.15, -0.1) is 0 Å². The largest absolute Gasteiger partial charge is 0.493 e. The van der Waals surface area contributed by atoms with Crippen molar-refractivity contribution in [2.45, 2.75) is 0 Å². The van der Waals surface area contributed by atoms with Crippen LogP contribution < -0.4 is 24.8 Å². The highest BCUT2D eigenvalue weighted by Crippen LogP contribution is 2.34. The molecule has 0 atom stereocenters. The van der Waals surface area contributed by atoms with E-state index in [1.807, 2.05) is 0 Å². The zero-order valence-corrected chi connectivity index (χ0v) is 14.5. The summed E-state index contributed by atoms with van der Waals surface area (Å²) in [6.07, 6.45) is 0. The van der Waals surface area contributed by atoms with Crippen LogP contribution in [0.2, 0.25) is 0 Å². The fourth-order valence-corrected chi connectivity index (χ4v) is 2.07. The van der Waals surface area contributed by atoms with Gasteiger partial charge in [-0.1, -0.05) is 30.0 Å². The Morgan fingerprint density at radius 3 is 2.54 bits per heavy atom. The number of rotatable bonds is 6. The Bertz CT molecular complexity index is 815. The molecular weight excluding hydrogens is 339 g/mol. The zero-order chi connectivity index (χ0) is 18.8. The fourth-order valence-electron chi connectivity index (χ4n) is 2.07. The normalized spacial score (nSPS) is 9.50. The Morgan fingerprint density at radius 1 is 1.04 bits per heavy atom. The van der Waals surface area contributed by atoms with Crippen molar-refractivity contribution in [2.75, 3.05) is 32.7 Å². The first-order valence-corrected chi connectivity index (χ1v) is 7.74. The number of hydrogen-bond donors (Lipinski definition) is 2. The number of hydrogen-bond acceptors (Lipinski definition) is 4. The molecule has 0 unspecified atom stereocenters. The van der Waals surface area contributed by atoms with Gasteiger partial charge in [-0.05, 0) is 24.3 Å². The number of amides is 2. The zero-order valence-electron chi connectivity index (χ0n) is 14.5. The standard InChI is InChI=1S/C19H19FN2O4/c1-24-17-11-7-9-15(18(17)25-2)22-19(23)21-12-5-6-13-26-16-10-4-3-8-14(16)20/h3-4,7-11H,12-13H2,1-2H3,(H2,21,22,23). The molecule has 0 aliphatic heterocycles. The number of carbonyl (C=O) groups excluding carboxylic acids is 1. The van der Waals surface area contributed by atoms with Crippen molar-refractivity contribution in [3.8, 4) is 29.1 Å². The molecule has 0 fully saturated rings. The van der Waals surface area contributed by atoms with E-state index >= 15 is 0 Å². The molecule has 0 saturated carbocycles. The molecule has 2 aromatic rings. The molecule has 0 heterocycles. The maximum absolute atomic E-state index is 13.3. The Morgan fingerprint density at radius 2 is 1.81 bits per heavy atom. The van der Waals surface area contributed by atoms with Crippen molar-refractivity contribution < 1.29 is 23.4 Å². The number of nitrogens with one attached hydrogen (secondary N) is 2. The molecule has 0 aliphatic rings. The number of halogens is 1. The Labute approximate surface area is 151 Å². The minimum atomic E-state index is -0.445. The van der Waals surface area contributed by atoms with Gasteiger partial charge in [0.15, 0.2) is 23.1 Å². The first-order chi connectivity index (χ1) is 12.7. The maximum Gasteiger partial charge on any atom is 0.320 e. The van der Waals surface area contributed by atoms with Crippen LogP contribution in [0.5, 0.6) is 17.2 Å². The monoisotopic (exact) mass is 358 g/mol. The minimum Gasteiger partial charge on any atom is -0.493 e. The summed E-state index contributed by atoms with van der Waals surface area (Å²) in [5, 5.41) is 5.24. The number of para-hydroxylation sites is 2. The second kappa shape index (κ2) is 9.79. The van der Waals surface area contributed by atoms with Crippen LogP contribution in [0.3, 0.4) is 0 Å². The molecule has 6 nitrogen and oxygen atoms in total. The molecule has 26 heavy (non-hydrogen) atoms. The van der Waals surface area contributed by atoms with Gasteiger partial charge in [0.1, 0.15) is 6.61 Å². The molecule has 0 aromatic heterocycles. The average Bonchev–Trinajstić information content (AvgIpc) is 2.65. The number of urea groups is 1. The molecule has 7 heteroatoms. The molecule has 0 spiro atoms. The molecule has 0 aliphatic carbocycles. The average molecular weight is 358 g/mol. The molecule has 2 aromatic carbocycles. The van der Waals surface area contributed by atoms with E-state index in [2.05, 4.69) is 22.5 Å². The van der Waals surface area contributed by atoms with Crippen molar-refractivity contribution in [3.63, 3.8) is 0 Å². The van der Waals surface area contributed by atoms with E-state index in [4.69, 9.17) is 14.2 Å². The van der Waals surface area contributed by atoms with E-state index < -0.39 is 11.8 Å². The number of ether oxygens (including phenoxy) is 3. The van der Waals surface area contributed by atoms with Crippen LogP contribution in [-0.2, 0) is 0 Å². The second-order valence-corrected chi connectivity index (χ2v) is 4.92. The molecule has 0 saturated heterocycles. The summed E-state index contributed by atoms with van der Waals surface area (Å²) < 4.78 is 28.9. The topological polar surface area (TPSA) is 68.8 Å². The number of methoxy groups -OCH3 is 2. The molecule has 0 radical (unpaired) electrons. The van der Waals surface area contributed by atoms with Crippen molar-refractivity contribution in [1.82, 2.24) is 5.32 Å². The van der Waals surface area contributed by atoms with Crippen LogP contribution in [0.25, 0.3) is 0 Å². The van der Waals surface area contributed by atoms with Gasteiger partial charge in [0, 0.05) is 0 Å². The van der Waals surface area contributed by atoms with Crippen molar-refractivity contribution in [2.24, 2.45) is 0 Å². The highest BCUT2D eigenvalue weighted by Gasteiger charge is 2.11. The number of anilines is 1. The van der Waals surface area contributed by atoms with Crippen LogP contribution >= 0.6 is 0 Å². The SMILES string of the molecule is COc1cccc(NC(=O)NCC#CCOc2ccccc2F)c1OC. The molecule has 0 bridgehead atoms. The summed E-state index contributed by atoms with van der Waals surface area (Å²) in [5.74, 6) is 6.04. The van der Waals surface area contributed by atoms with Gasteiger partial charge in [0.2, 0.25) is 0 Å². The van der Waals surface area contributed by atoms with Crippen LogP contribution in [0.15, 0.2) is 42.5 Å². The summed E-state index contributed by atoms with van der Waals surface area (Å²) in [5.41, 5.74) is 0.472. The van der Waals surface area contributed by atoms with E-state index in [-0.39, 0.29) is 18.9 Å². The van der Waals surface area contributed by atoms with Crippen LogP contribution in [0, 0.1) is 17.7 Å². The maximum atomic E-state index is 13.3. The summed E-state index contributed by atoms with van der Waals surface area (Å²) in [6, 6.07) is 10.8. The first-order valence-electron chi connectivity index (χ1n) is 7.74. The van der Waals surface area contributed by atoms with Gasteiger partial charge in [-0.2, -0.15) is 0 Å². The fraction of sp³-hybridized carbons (Fsp3) is 0.211. The van der Waals surface area contributed by atoms with Crippen molar-refractivity contribution in [3.05, 3.63) is 48.3 Å². The predicted octanol–water partition coefficient (Wildman–Crippen LogP) is 3.05. The minimum absolute atomic E-state index is 0.0218. The lowest BCUT2D eigenvalue weighted by Crippen LogP contribution is -2.29.